The third-order valence-corrected chi connectivity index (χ3v) is 4.07. The number of ether oxygens (including phenoxy) is 1. The van der Waals surface area contributed by atoms with Gasteiger partial charge in [0.05, 0.1) is 24.0 Å². The second-order valence-corrected chi connectivity index (χ2v) is 5.55. The molecule has 1 heterocycles. The summed E-state index contributed by atoms with van der Waals surface area (Å²) in [6.45, 7) is 0.843. The molecule has 0 aliphatic rings. The van der Waals surface area contributed by atoms with Crippen LogP contribution in [0.4, 0.5) is 11.4 Å². The third kappa shape index (κ3) is 3.30. The Bertz CT molecular complexity index is 582. The lowest BCUT2D eigenvalue weighted by Gasteiger charge is -2.21. The number of esters is 1. The molecule has 0 unspecified atom stereocenters. The molecule has 1 aromatic carbocycles. The van der Waals surface area contributed by atoms with Crippen molar-refractivity contribution in [2.75, 3.05) is 31.3 Å². The summed E-state index contributed by atoms with van der Waals surface area (Å²) in [4.78, 5) is 15.0. The maximum absolute atomic E-state index is 11.6. The number of methoxy groups -OCH3 is 1. The lowest BCUT2D eigenvalue weighted by molar-refractivity contribution is 0.0601. The van der Waals surface area contributed by atoms with Crippen molar-refractivity contribution in [2.24, 2.45) is 0 Å². The van der Waals surface area contributed by atoms with Gasteiger partial charge in [-0.2, -0.15) is 0 Å². The maximum Gasteiger partial charge on any atom is 0.337 e. The van der Waals surface area contributed by atoms with E-state index in [0.717, 1.165) is 18.7 Å². The van der Waals surface area contributed by atoms with Crippen LogP contribution in [-0.4, -0.2) is 26.7 Å². The van der Waals surface area contributed by atoms with Crippen LogP contribution in [0.3, 0.4) is 0 Å². The minimum absolute atomic E-state index is 0.349. The fraction of sp³-hybridized carbons (Fsp3) is 0.267. The first-order valence-electron chi connectivity index (χ1n) is 6.33. The molecule has 0 atom stereocenters. The van der Waals surface area contributed by atoms with Crippen molar-refractivity contribution in [3.63, 3.8) is 0 Å². The summed E-state index contributed by atoms with van der Waals surface area (Å²) in [7, 11) is 3.35. The molecule has 0 aliphatic heterocycles. The predicted octanol–water partition coefficient (Wildman–Crippen LogP) is 2.80. The zero-order chi connectivity index (χ0) is 14.5. The predicted molar refractivity (Wildman–Crippen MR) is 83.5 cm³/mol. The molecule has 0 fully saturated rings. The van der Waals surface area contributed by atoms with Crippen molar-refractivity contribution in [3.05, 3.63) is 46.2 Å². The van der Waals surface area contributed by atoms with Crippen molar-refractivity contribution in [2.45, 2.75) is 6.42 Å². The summed E-state index contributed by atoms with van der Waals surface area (Å²) in [5.74, 6) is -0.349. The second-order valence-electron chi connectivity index (χ2n) is 4.52. The first-order valence-corrected chi connectivity index (χ1v) is 7.21. The molecule has 0 aliphatic carbocycles. The molecule has 5 heteroatoms. The van der Waals surface area contributed by atoms with Crippen LogP contribution in [0.2, 0.25) is 0 Å². The summed E-state index contributed by atoms with van der Waals surface area (Å²) >= 11 is 1.74. The number of nitrogen functional groups attached to an aromatic ring is 1. The van der Waals surface area contributed by atoms with E-state index in [1.165, 1.54) is 12.0 Å². The number of hydrogen-bond donors (Lipinski definition) is 1. The Balaban J connectivity index is 2.11. The van der Waals surface area contributed by atoms with Gasteiger partial charge in [-0.25, -0.2) is 4.79 Å². The van der Waals surface area contributed by atoms with Crippen LogP contribution in [0.15, 0.2) is 35.7 Å². The zero-order valence-corrected chi connectivity index (χ0v) is 12.4. The van der Waals surface area contributed by atoms with Crippen molar-refractivity contribution in [1.29, 1.82) is 0 Å². The van der Waals surface area contributed by atoms with Crippen LogP contribution in [0.1, 0.15) is 15.2 Å². The van der Waals surface area contributed by atoms with E-state index in [9.17, 15) is 4.79 Å². The highest BCUT2D eigenvalue weighted by Gasteiger charge is 2.11. The van der Waals surface area contributed by atoms with E-state index < -0.39 is 0 Å². The molecule has 0 radical (unpaired) electrons. The molecule has 4 nitrogen and oxygen atoms in total. The Morgan fingerprint density at radius 3 is 2.85 bits per heavy atom. The number of likely N-dealkylation sites (N-methyl/N-ethyl adjacent to an activating group) is 1. The van der Waals surface area contributed by atoms with Gasteiger partial charge < -0.3 is 15.4 Å². The largest absolute Gasteiger partial charge is 0.465 e. The Kier molecular flexibility index (Phi) is 4.63. The fourth-order valence-electron chi connectivity index (χ4n) is 1.97. The highest BCUT2D eigenvalue weighted by atomic mass is 32.1. The Morgan fingerprint density at radius 2 is 2.20 bits per heavy atom. The van der Waals surface area contributed by atoms with Crippen LogP contribution in [0.5, 0.6) is 0 Å². The van der Waals surface area contributed by atoms with Gasteiger partial charge >= 0.3 is 5.97 Å². The van der Waals surface area contributed by atoms with Gasteiger partial charge in [0, 0.05) is 18.5 Å². The lowest BCUT2D eigenvalue weighted by Crippen LogP contribution is -2.21. The summed E-state index contributed by atoms with van der Waals surface area (Å²) in [6.07, 6.45) is 0.954. The van der Waals surface area contributed by atoms with Crippen LogP contribution in [0, 0.1) is 0 Å². The van der Waals surface area contributed by atoms with E-state index in [1.54, 1.807) is 29.5 Å². The van der Waals surface area contributed by atoms with E-state index in [1.807, 2.05) is 13.1 Å². The van der Waals surface area contributed by atoms with Gasteiger partial charge in [-0.1, -0.05) is 6.07 Å². The summed E-state index contributed by atoms with van der Waals surface area (Å²) in [5, 5.41) is 2.07. The first-order chi connectivity index (χ1) is 9.61. The Hall–Kier alpha value is -2.01. The van der Waals surface area contributed by atoms with Crippen molar-refractivity contribution < 1.29 is 9.53 Å². The highest BCUT2D eigenvalue weighted by molar-refractivity contribution is 7.09. The van der Waals surface area contributed by atoms with Gasteiger partial charge in [0.15, 0.2) is 0 Å². The summed E-state index contributed by atoms with van der Waals surface area (Å²) in [5.41, 5.74) is 8.01. The Labute approximate surface area is 122 Å². The van der Waals surface area contributed by atoms with E-state index in [-0.39, 0.29) is 5.97 Å². The molecule has 0 amide bonds. The van der Waals surface area contributed by atoms with E-state index in [0.29, 0.717) is 11.3 Å². The molecular weight excluding hydrogens is 272 g/mol. The van der Waals surface area contributed by atoms with Gasteiger partial charge in [0.1, 0.15) is 0 Å². The molecule has 2 rings (SSSR count). The average Bonchev–Trinajstić information content (AvgIpc) is 2.97. The molecule has 0 saturated carbocycles. The second kappa shape index (κ2) is 6.43. The third-order valence-electron chi connectivity index (χ3n) is 3.14. The van der Waals surface area contributed by atoms with Gasteiger partial charge in [-0.3, -0.25) is 0 Å². The van der Waals surface area contributed by atoms with Gasteiger partial charge in [0.25, 0.3) is 0 Å². The SMILES string of the molecule is COC(=O)c1ccc(N)c(N(C)CCc2cccs2)c1. The van der Waals surface area contributed by atoms with Gasteiger partial charge in [-0.15, -0.1) is 11.3 Å². The quantitative estimate of drug-likeness (QED) is 0.679. The molecule has 0 saturated heterocycles. The number of benzene rings is 1. The number of carbonyl (C=O) groups excluding carboxylic acids is 1. The molecule has 2 aromatic rings. The lowest BCUT2D eigenvalue weighted by atomic mass is 10.1. The van der Waals surface area contributed by atoms with Crippen LogP contribution >= 0.6 is 11.3 Å². The first kappa shape index (κ1) is 14.4. The van der Waals surface area contributed by atoms with Crippen LogP contribution in [-0.2, 0) is 11.2 Å². The van der Waals surface area contributed by atoms with E-state index in [2.05, 4.69) is 16.3 Å². The number of carbonyl (C=O) groups is 1. The number of anilines is 2. The smallest absolute Gasteiger partial charge is 0.337 e. The molecule has 20 heavy (non-hydrogen) atoms. The molecule has 0 bridgehead atoms. The van der Waals surface area contributed by atoms with Crippen molar-refractivity contribution in [3.8, 4) is 0 Å². The number of thiophene rings is 1. The molecular formula is C15H18N2O2S. The normalized spacial score (nSPS) is 10.3. The van der Waals surface area contributed by atoms with E-state index >= 15 is 0 Å². The zero-order valence-electron chi connectivity index (χ0n) is 11.6. The van der Waals surface area contributed by atoms with Crippen molar-refractivity contribution >= 4 is 28.7 Å². The minimum atomic E-state index is -0.349. The number of rotatable bonds is 5. The monoisotopic (exact) mass is 290 g/mol. The molecule has 0 spiro atoms. The Morgan fingerprint density at radius 1 is 1.40 bits per heavy atom. The maximum atomic E-state index is 11.6. The fourth-order valence-corrected chi connectivity index (χ4v) is 2.67. The van der Waals surface area contributed by atoms with E-state index in [4.69, 9.17) is 10.5 Å². The highest BCUT2D eigenvalue weighted by Crippen LogP contribution is 2.24. The van der Waals surface area contributed by atoms with Gasteiger partial charge in [-0.05, 0) is 36.1 Å². The summed E-state index contributed by atoms with van der Waals surface area (Å²) < 4.78 is 4.73. The number of nitrogens with two attached hydrogens (primary N) is 1. The molecule has 106 valence electrons. The minimum Gasteiger partial charge on any atom is -0.465 e. The van der Waals surface area contributed by atoms with Crippen molar-refractivity contribution in [1.82, 2.24) is 0 Å². The van der Waals surface area contributed by atoms with Gasteiger partial charge in [0.2, 0.25) is 0 Å². The average molecular weight is 290 g/mol. The number of hydrogen-bond acceptors (Lipinski definition) is 5. The topological polar surface area (TPSA) is 55.6 Å². The van der Waals surface area contributed by atoms with Crippen LogP contribution in [0.25, 0.3) is 0 Å². The molecule has 1 aromatic heterocycles. The number of nitrogens with zero attached hydrogens (tertiary/aromatic N) is 1. The summed E-state index contributed by atoms with van der Waals surface area (Å²) in [6, 6.07) is 9.36. The molecule has 2 N–H and O–H groups in total. The van der Waals surface area contributed by atoms with Crippen LogP contribution < -0.4 is 10.6 Å². The standard InChI is InChI=1S/C15H18N2O2S/c1-17(8-7-12-4-3-9-20-12)14-10-11(15(18)19-2)5-6-13(14)16/h3-6,9-10H,7-8,16H2,1-2H3.